The quantitative estimate of drug-likeness (QED) is 0.474. The highest BCUT2D eigenvalue weighted by Crippen LogP contribution is 2.34. The highest BCUT2D eigenvalue weighted by molar-refractivity contribution is 7.20. The van der Waals surface area contributed by atoms with Crippen LogP contribution in [-0.4, -0.2) is 70.2 Å². The number of carbonyl (C=O) groups is 2. The Morgan fingerprint density at radius 1 is 1.28 bits per heavy atom. The molecule has 1 amide bonds. The molecule has 194 valence electrons. The predicted molar refractivity (Wildman–Crippen MR) is 139 cm³/mol. The van der Waals surface area contributed by atoms with Gasteiger partial charge in [0.2, 0.25) is 16.0 Å². The Hall–Kier alpha value is -3.21. The number of esters is 1. The lowest BCUT2D eigenvalue weighted by atomic mass is 9.98. The molecule has 11 heteroatoms. The van der Waals surface area contributed by atoms with Crippen molar-refractivity contribution in [1.29, 1.82) is 0 Å². The number of fused-ring (bicyclic) bond motifs is 1. The van der Waals surface area contributed by atoms with E-state index in [2.05, 4.69) is 5.32 Å². The first kappa shape index (κ1) is 25.9. The lowest BCUT2D eigenvalue weighted by molar-refractivity contribution is -0.151. The molecule has 3 aromatic rings. The Bertz CT molecular complexity index is 1230. The van der Waals surface area contributed by atoms with Crippen LogP contribution in [0.25, 0.3) is 16.2 Å². The lowest BCUT2D eigenvalue weighted by Gasteiger charge is -2.32. The molecule has 36 heavy (non-hydrogen) atoms. The van der Waals surface area contributed by atoms with Crippen LogP contribution in [0.15, 0.2) is 24.3 Å². The molecule has 0 spiro atoms. The van der Waals surface area contributed by atoms with Crippen LogP contribution in [0.3, 0.4) is 0 Å². The Balaban J connectivity index is 1.54. The summed E-state index contributed by atoms with van der Waals surface area (Å²) >= 11 is 1.37. The van der Waals surface area contributed by atoms with Crippen LogP contribution in [0.1, 0.15) is 40.5 Å². The summed E-state index contributed by atoms with van der Waals surface area (Å²) in [6, 6.07) is 6.22. The van der Waals surface area contributed by atoms with Crippen molar-refractivity contribution >= 4 is 39.1 Å². The molecule has 1 aliphatic heterocycles. The van der Waals surface area contributed by atoms with Crippen molar-refractivity contribution < 1.29 is 18.7 Å². The summed E-state index contributed by atoms with van der Waals surface area (Å²) in [4.78, 5) is 34.1. The van der Waals surface area contributed by atoms with Gasteiger partial charge in [-0.25, -0.2) is 9.37 Å². The predicted octanol–water partition coefficient (Wildman–Crippen LogP) is 4.05. The molecule has 2 aromatic heterocycles. The zero-order valence-electron chi connectivity index (χ0n) is 21.4. The highest BCUT2D eigenvalue weighted by Gasteiger charge is 2.30. The van der Waals surface area contributed by atoms with Crippen molar-refractivity contribution in [2.75, 3.05) is 43.5 Å². The number of aromatic nitrogens is 3. The number of hydrogen-bond donors (Lipinski definition) is 1. The molecule has 1 N–H and O–H groups in total. The van der Waals surface area contributed by atoms with Gasteiger partial charge in [0.05, 0.1) is 19.1 Å². The number of anilines is 2. The van der Waals surface area contributed by atoms with Crippen molar-refractivity contribution in [3.63, 3.8) is 0 Å². The zero-order valence-corrected chi connectivity index (χ0v) is 22.2. The number of nitrogens with zero attached hydrogens (tertiary/aromatic N) is 5. The number of hydrogen-bond acceptors (Lipinski definition) is 8. The SMILES string of the molecule is CCOC(=O)[C@@H]1CCCN(C(=O)CN(C)c2nn3c(NC(C)(C)C)c(-c4ccc(F)cc4)nc3s2)C1. The molecule has 4 rings (SSSR count). The number of piperidine rings is 1. The molecular weight excluding hydrogens is 483 g/mol. The van der Waals surface area contributed by atoms with Gasteiger partial charge in [-0.3, -0.25) is 9.59 Å². The number of likely N-dealkylation sites (N-methyl/N-ethyl adjacent to an activating group) is 1. The fourth-order valence-electron chi connectivity index (χ4n) is 4.20. The fourth-order valence-corrected chi connectivity index (χ4v) is 5.06. The van der Waals surface area contributed by atoms with Gasteiger partial charge in [-0.1, -0.05) is 11.3 Å². The summed E-state index contributed by atoms with van der Waals surface area (Å²) in [5.74, 6) is -0.162. The highest BCUT2D eigenvalue weighted by atomic mass is 32.1. The number of carbonyl (C=O) groups excluding carboxylic acids is 2. The van der Waals surface area contributed by atoms with Gasteiger partial charge >= 0.3 is 5.97 Å². The molecular formula is C25H33FN6O3S. The normalized spacial score (nSPS) is 16.3. The van der Waals surface area contributed by atoms with E-state index in [0.717, 1.165) is 18.4 Å². The summed E-state index contributed by atoms with van der Waals surface area (Å²) in [7, 11) is 1.82. The Kier molecular flexibility index (Phi) is 7.49. The Morgan fingerprint density at radius 3 is 2.67 bits per heavy atom. The minimum atomic E-state index is -0.306. The third kappa shape index (κ3) is 5.77. The molecule has 0 saturated carbocycles. The number of ether oxygens (including phenoxy) is 1. The number of likely N-dealkylation sites (tertiary alicyclic amines) is 1. The van der Waals surface area contributed by atoms with Gasteiger partial charge in [-0.15, -0.1) is 5.10 Å². The van der Waals surface area contributed by atoms with Crippen molar-refractivity contribution in [3.8, 4) is 11.3 Å². The molecule has 0 unspecified atom stereocenters. The molecule has 1 fully saturated rings. The van der Waals surface area contributed by atoms with E-state index in [0.29, 0.717) is 41.3 Å². The van der Waals surface area contributed by atoms with E-state index in [-0.39, 0.29) is 35.7 Å². The molecule has 1 aliphatic rings. The molecule has 0 bridgehead atoms. The number of nitrogens with one attached hydrogen (secondary N) is 1. The van der Waals surface area contributed by atoms with Gasteiger partial charge < -0.3 is 19.9 Å². The van der Waals surface area contributed by atoms with Gasteiger partial charge in [0.25, 0.3) is 0 Å². The van der Waals surface area contributed by atoms with Crippen LogP contribution in [0.4, 0.5) is 15.3 Å². The van der Waals surface area contributed by atoms with Gasteiger partial charge in [0.15, 0.2) is 5.82 Å². The maximum atomic E-state index is 13.5. The molecule has 1 atom stereocenters. The zero-order chi connectivity index (χ0) is 26.0. The second-order valence-corrected chi connectivity index (χ2v) is 11.0. The van der Waals surface area contributed by atoms with Crippen LogP contribution < -0.4 is 10.2 Å². The average molecular weight is 517 g/mol. The molecule has 0 radical (unpaired) electrons. The van der Waals surface area contributed by atoms with E-state index in [1.54, 1.807) is 33.4 Å². The summed E-state index contributed by atoms with van der Waals surface area (Å²) < 4.78 is 20.4. The third-order valence-electron chi connectivity index (χ3n) is 5.90. The summed E-state index contributed by atoms with van der Waals surface area (Å²) in [5.41, 5.74) is 1.21. The van der Waals surface area contributed by atoms with E-state index in [9.17, 15) is 14.0 Å². The monoisotopic (exact) mass is 516 g/mol. The van der Waals surface area contributed by atoms with Gasteiger partial charge in [-0.2, -0.15) is 4.52 Å². The topological polar surface area (TPSA) is 92.1 Å². The van der Waals surface area contributed by atoms with E-state index < -0.39 is 0 Å². The number of amides is 1. The first-order valence-electron chi connectivity index (χ1n) is 12.1. The van der Waals surface area contributed by atoms with Crippen LogP contribution >= 0.6 is 11.3 Å². The fraction of sp³-hybridized carbons (Fsp3) is 0.520. The first-order chi connectivity index (χ1) is 17.1. The standard InChI is InChI=1S/C25H33FN6O3S/c1-6-35-22(34)17-8-7-13-31(14-17)19(33)15-30(5)24-29-32-21(28-25(2,3)4)20(27-23(32)36-24)16-9-11-18(26)12-10-16/h9-12,17,28H,6-8,13-15H2,1-5H3/t17-/m1/s1. The lowest BCUT2D eigenvalue weighted by Crippen LogP contribution is -2.46. The minimum absolute atomic E-state index is 0.0561. The number of rotatable bonds is 7. The average Bonchev–Trinajstić information content (AvgIpc) is 3.38. The largest absolute Gasteiger partial charge is 0.466 e. The van der Waals surface area contributed by atoms with Crippen molar-refractivity contribution in [2.24, 2.45) is 5.92 Å². The minimum Gasteiger partial charge on any atom is -0.466 e. The van der Waals surface area contributed by atoms with Crippen LogP contribution in [-0.2, 0) is 14.3 Å². The van der Waals surface area contributed by atoms with Crippen molar-refractivity contribution in [3.05, 3.63) is 30.1 Å². The second-order valence-electron chi connectivity index (χ2n) is 10.1. The van der Waals surface area contributed by atoms with E-state index in [4.69, 9.17) is 14.8 Å². The summed E-state index contributed by atoms with van der Waals surface area (Å²) in [6.45, 7) is 9.40. The molecule has 1 saturated heterocycles. The van der Waals surface area contributed by atoms with E-state index >= 15 is 0 Å². The van der Waals surface area contributed by atoms with Crippen LogP contribution in [0.5, 0.6) is 0 Å². The maximum absolute atomic E-state index is 13.5. The van der Waals surface area contributed by atoms with Crippen molar-refractivity contribution in [2.45, 2.75) is 46.1 Å². The van der Waals surface area contributed by atoms with Gasteiger partial charge in [0, 0.05) is 31.2 Å². The van der Waals surface area contributed by atoms with Gasteiger partial charge in [-0.05, 0) is 64.8 Å². The van der Waals surface area contributed by atoms with Gasteiger partial charge in [0.1, 0.15) is 11.5 Å². The molecule has 9 nitrogen and oxygen atoms in total. The second kappa shape index (κ2) is 10.4. The summed E-state index contributed by atoms with van der Waals surface area (Å²) in [6.07, 6.45) is 1.51. The first-order valence-corrected chi connectivity index (χ1v) is 13.0. The summed E-state index contributed by atoms with van der Waals surface area (Å²) in [5, 5.41) is 8.86. The van der Waals surface area contributed by atoms with Crippen LogP contribution in [0, 0.1) is 11.7 Å². The van der Waals surface area contributed by atoms with Crippen LogP contribution in [0.2, 0.25) is 0 Å². The maximum Gasteiger partial charge on any atom is 0.310 e. The Labute approximate surface area is 214 Å². The van der Waals surface area contributed by atoms with E-state index in [1.807, 2.05) is 27.8 Å². The number of benzene rings is 1. The Morgan fingerprint density at radius 2 is 2.00 bits per heavy atom. The number of imidazole rings is 1. The molecule has 1 aromatic carbocycles. The molecule has 3 heterocycles. The van der Waals surface area contributed by atoms with Crippen molar-refractivity contribution in [1.82, 2.24) is 19.5 Å². The smallest absolute Gasteiger partial charge is 0.310 e. The number of halogens is 1. The third-order valence-corrected chi connectivity index (χ3v) is 6.92. The molecule has 0 aliphatic carbocycles. The van der Waals surface area contributed by atoms with E-state index in [1.165, 1.54) is 23.5 Å².